The van der Waals surface area contributed by atoms with Gasteiger partial charge in [-0.3, -0.25) is 0 Å². The molecule has 0 aliphatic heterocycles. The maximum absolute atomic E-state index is 11.6. The van der Waals surface area contributed by atoms with Crippen LogP contribution in [0.1, 0.15) is 40.0 Å². The zero-order valence-electron chi connectivity index (χ0n) is 11.4. The number of ether oxygens (including phenoxy) is 1. The third-order valence-electron chi connectivity index (χ3n) is 2.40. The SMILES string of the molecule is CCCC[C@H](NC(=O)NC(C)COCC)C(=O)O. The molecular formula is C12H24N2O4. The summed E-state index contributed by atoms with van der Waals surface area (Å²) < 4.78 is 5.15. The third-order valence-corrected chi connectivity index (χ3v) is 2.40. The lowest BCUT2D eigenvalue weighted by molar-refractivity contribution is -0.139. The van der Waals surface area contributed by atoms with Crippen molar-refractivity contribution in [2.75, 3.05) is 13.2 Å². The van der Waals surface area contributed by atoms with Crippen molar-refractivity contribution in [2.45, 2.75) is 52.1 Å². The van der Waals surface area contributed by atoms with Gasteiger partial charge in [0.2, 0.25) is 0 Å². The Morgan fingerprint density at radius 1 is 1.28 bits per heavy atom. The average molecular weight is 260 g/mol. The van der Waals surface area contributed by atoms with Gasteiger partial charge in [0.25, 0.3) is 0 Å². The van der Waals surface area contributed by atoms with E-state index in [0.717, 1.165) is 12.8 Å². The Morgan fingerprint density at radius 2 is 1.94 bits per heavy atom. The fourth-order valence-corrected chi connectivity index (χ4v) is 1.43. The van der Waals surface area contributed by atoms with Crippen LogP contribution >= 0.6 is 0 Å². The van der Waals surface area contributed by atoms with E-state index >= 15 is 0 Å². The molecule has 0 saturated carbocycles. The number of urea groups is 1. The molecule has 0 aromatic carbocycles. The number of carboxylic acid groups (broad SMARTS) is 1. The summed E-state index contributed by atoms with van der Waals surface area (Å²) >= 11 is 0. The van der Waals surface area contributed by atoms with Crippen molar-refractivity contribution in [3.63, 3.8) is 0 Å². The van der Waals surface area contributed by atoms with Gasteiger partial charge in [0.1, 0.15) is 6.04 Å². The van der Waals surface area contributed by atoms with Crippen molar-refractivity contribution < 1.29 is 19.4 Å². The summed E-state index contributed by atoms with van der Waals surface area (Å²) in [5.74, 6) is -1.00. The second-order valence-electron chi connectivity index (χ2n) is 4.21. The van der Waals surface area contributed by atoms with Gasteiger partial charge in [-0.25, -0.2) is 9.59 Å². The molecule has 0 aromatic rings. The van der Waals surface area contributed by atoms with Gasteiger partial charge in [-0.05, 0) is 20.3 Å². The van der Waals surface area contributed by atoms with Crippen molar-refractivity contribution in [2.24, 2.45) is 0 Å². The molecule has 6 heteroatoms. The van der Waals surface area contributed by atoms with E-state index in [9.17, 15) is 9.59 Å². The highest BCUT2D eigenvalue weighted by atomic mass is 16.5. The van der Waals surface area contributed by atoms with Crippen LogP contribution in [-0.2, 0) is 9.53 Å². The van der Waals surface area contributed by atoms with E-state index in [4.69, 9.17) is 9.84 Å². The van der Waals surface area contributed by atoms with Crippen molar-refractivity contribution in [1.29, 1.82) is 0 Å². The van der Waals surface area contributed by atoms with Gasteiger partial charge in [-0.2, -0.15) is 0 Å². The molecular weight excluding hydrogens is 236 g/mol. The molecule has 3 N–H and O–H groups in total. The number of unbranched alkanes of at least 4 members (excludes halogenated alkanes) is 1. The Balaban J connectivity index is 4.04. The molecule has 0 radical (unpaired) electrons. The van der Waals surface area contributed by atoms with Crippen molar-refractivity contribution in [1.82, 2.24) is 10.6 Å². The number of carbonyl (C=O) groups is 2. The Morgan fingerprint density at radius 3 is 2.44 bits per heavy atom. The first-order valence-corrected chi connectivity index (χ1v) is 6.38. The second-order valence-corrected chi connectivity index (χ2v) is 4.21. The number of amides is 2. The summed E-state index contributed by atoms with van der Waals surface area (Å²) in [4.78, 5) is 22.5. The van der Waals surface area contributed by atoms with Crippen LogP contribution in [0.5, 0.6) is 0 Å². The quantitative estimate of drug-likeness (QED) is 0.584. The van der Waals surface area contributed by atoms with Gasteiger partial charge < -0.3 is 20.5 Å². The van der Waals surface area contributed by atoms with Crippen LogP contribution < -0.4 is 10.6 Å². The molecule has 18 heavy (non-hydrogen) atoms. The van der Waals surface area contributed by atoms with Crippen LogP contribution in [-0.4, -0.2) is 42.4 Å². The number of carbonyl (C=O) groups excluding carboxylic acids is 1. The van der Waals surface area contributed by atoms with Gasteiger partial charge >= 0.3 is 12.0 Å². The number of aliphatic carboxylic acids is 1. The molecule has 0 heterocycles. The summed E-state index contributed by atoms with van der Waals surface area (Å²) in [7, 11) is 0. The largest absolute Gasteiger partial charge is 0.480 e. The molecule has 2 amide bonds. The van der Waals surface area contributed by atoms with Crippen molar-refractivity contribution in [3.05, 3.63) is 0 Å². The molecule has 2 atom stereocenters. The predicted octanol–water partition coefficient (Wildman–Crippen LogP) is 1.35. The molecule has 1 unspecified atom stereocenters. The molecule has 0 aromatic heterocycles. The van der Waals surface area contributed by atoms with Crippen LogP contribution in [0.3, 0.4) is 0 Å². The molecule has 0 spiro atoms. The van der Waals surface area contributed by atoms with Crippen LogP contribution in [0, 0.1) is 0 Å². The van der Waals surface area contributed by atoms with Gasteiger partial charge in [0, 0.05) is 6.61 Å². The molecule has 0 aliphatic carbocycles. The molecule has 0 rings (SSSR count). The summed E-state index contributed by atoms with van der Waals surface area (Å²) in [5.41, 5.74) is 0. The molecule has 106 valence electrons. The fourth-order valence-electron chi connectivity index (χ4n) is 1.43. The zero-order valence-corrected chi connectivity index (χ0v) is 11.4. The van der Waals surface area contributed by atoms with E-state index in [0.29, 0.717) is 19.6 Å². The minimum atomic E-state index is -1.00. The Labute approximate surface area is 108 Å². The molecule has 6 nitrogen and oxygen atoms in total. The topological polar surface area (TPSA) is 87.7 Å². The standard InChI is InChI=1S/C12H24N2O4/c1-4-6-7-10(11(15)16)14-12(17)13-9(3)8-18-5-2/h9-10H,4-8H2,1-3H3,(H,15,16)(H2,13,14,17)/t9?,10-/m0/s1. The summed E-state index contributed by atoms with van der Waals surface area (Å²) in [6.07, 6.45) is 2.11. The van der Waals surface area contributed by atoms with Crippen LogP contribution in [0.4, 0.5) is 4.79 Å². The first-order chi connectivity index (χ1) is 8.51. The highest BCUT2D eigenvalue weighted by Crippen LogP contribution is 2.00. The van der Waals surface area contributed by atoms with Gasteiger partial charge in [-0.1, -0.05) is 19.8 Å². The molecule has 0 aliphatic rings. The number of rotatable bonds is 9. The van der Waals surface area contributed by atoms with E-state index in [1.54, 1.807) is 6.92 Å². The molecule has 0 fully saturated rings. The maximum atomic E-state index is 11.6. The monoisotopic (exact) mass is 260 g/mol. The first-order valence-electron chi connectivity index (χ1n) is 6.38. The van der Waals surface area contributed by atoms with Crippen LogP contribution in [0.15, 0.2) is 0 Å². The van der Waals surface area contributed by atoms with Gasteiger partial charge in [0.05, 0.1) is 12.6 Å². The van der Waals surface area contributed by atoms with Gasteiger partial charge in [0.15, 0.2) is 0 Å². The van der Waals surface area contributed by atoms with E-state index in [-0.39, 0.29) is 6.04 Å². The highest BCUT2D eigenvalue weighted by Gasteiger charge is 2.19. The van der Waals surface area contributed by atoms with Crippen LogP contribution in [0.2, 0.25) is 0 Å². The number of hydrogen-bond acceptors (Lipinski definition) is 3. The fraction of sp³-hybridized carbons (Fsp3) is 0.833. The second kappa shape index (κ2) is 9.70. The van der Waals surface area contributed by atoms with E-state index < -0.39 is 18.0 Å². The lowest BCUT2D eigenvalue weighted by Gasteiger charge is -2.18. The molecule has 0 saturated heterocycles. The number of carboxylic acids is 1. The predicted molar refractivity (Wildman–Crippen MR) is 68.6 cm³/mol. The number of hydrogen-bond donors (Lipinski definition) is 3. The van der Waals surface area contributed by atoms with E-state index in [1.807, 2.05) is 13.8 Å². The minimum absolute atomic E-state index is 0.148. The first kappa shape index (κ1) is 16.7. The van der Waals surface area contributed by atoms with E-state index in [1.165, 1.54) is 0 Å². The normalized spacial score (nSPS) is 13.7. The van der Waals surface area contributed by atoms with Crippen LogP contribution in [0.25, 0.3) is 0 Å². The van der Waals surface area contributed by atoms with Gasteiger partial charge in [-0.15, -0.1) is 0 Å². The average Bonchev–Trinajstić information content (AvgIpc) is 2.31. The Bertz CT molecular complexity index is 258. The molecule has 0 bridgehead atoms. The summed E-state index contributed by atoms with van der Waals surface area (Å²) in [5, 5.41) is 14.0. The summed E-state index contributed by atoms with van der Waals surface area (Å²) in [6.45, 7) is 6.65. The van der Waals surface area contributed by atoms with E-state index in [2.05, 4.69) is 10.6 Å². The zero-order chi connectivity index (χ0) is 14.0. The van der Waals surface area contributed by atoms with Crippen molar-refractivity contribution >= 4 is 12.0 Å². The number of nitrogens with one attached hydrogen (secondary N) is 2. The maximum Gasteiger partial charge on any atom is 0.326 e. The Kier molecular flexibility index (Phi) is 9.00. The summed E-state index contributed by atoms with van der Waals surface area (Å²) in [6, 6.07) is -1.44. The Hall–Kier alpha value is -1.30. The smallest absolute Gasteiger partial charge is 0.326 e. The third kappa shape index (κ3) is 7.89. The lowest BCUT2D eigenvalue weighted by atomic mass is 10.1. The lowest BCUT2D eigenvalue weighted by Crippen LogP contribution is -2.49. The van der Waals surface area contributed by atoms with Crippen molar-refractivity contribution in [3.8, 4) is 0 Å². The highest BCUT2D eigenvalue weighted by molar-refractivity contribution is 5.82. The minimum Gasteiger partial charge on any atom is -0.480 e.